The van der Waals surface area contributed by atoms with Crippen molar-refractivity contribution in [3.63, 3.8) is 0 Å². The van der Waals surface area contributed by atoms with Crippen LogP contribution in [0.5, 0.6) is 0 Å². The predicted molar refractivity (Wildman–Crippen MR) is 80.0 cm³/mol. The lowest BCUT2D eigenvalue weighted by Gasteiger charge is -2.32. The van der Waals surface area contributed by atoms with E-state index in [-0.39, 0.29) is 5.78 Å². The molecule has 3 rings (SSSR count). The van der Waals surface area contributed by atoms with Crippen LogP contribution in [0.2, 0.25) is 5.02 Å². The van der Waals surface area contributed by atoms with Gasteiger partial charge in [0.1, 0.15) is 5.82 Å². The van der Waals surface area contributed by atoms with Crippen LogP contribution in [-0.4, -0.2) is 5.78 Å². The molecule has 1 heterocycles. The summed E-state index contributed by atoms with van der Waals surface area (Å²) in [5.74, 6) is -0.0856. The molecule has 106 valence electrons. The molecule has 0 fully saturated rings. The third kappa shape index (κ3) is 2.20. The van der Waals surface area contributed by atoms with Gasteiger partial charge in [-0.25, -0.2) is 0 Å². The Labute approximate surface area is 127 Å². The number of carbonyl (C=O) groups is 1. The van der Waals surface area contributed by atoms with Crippen molar-refractivity contribution >= 4 is 17.4 Å². The van der Waals surface area contributed by atoms with Crippen molar-refractivity contribution in [2.24, 2.45) is 5.73 Å². The van der Waals surface area contributed by atoms with Gasteiger partial charge in [0.25, 0.3) is 0 Å². The molecule has 3 N–H and O–H groups in total. The van der Waals surface area contributed by atoms with Crippen molar-refractivity contribution in [2.75, 3.05) is 0 Å². The van der Waals surface area contributed by atoms with Gasteiger partial charge in [0.2, 0.25) is 0 Å². The minimum Gasteiger partial charge on any atom is -0.384 e. The van der Waals surface area contributed by atoms with Crippen LogP contribution >= 0.6 is 11.6 Å². The summed E-state index contributed by atoms with van der Waals surface area (Å²) in [7, 11) is 0. The maximum absolute atomic E-state index is 12.4. The van der Waals surface area contributed by atoms with E-state index in [2.05, 4.69) is 11.4 Å². The molecule has 4 nitrogen and oxygen atoms in total. The summed E-state index contributed by atoms with van der Waals surface area (Å²) in [6.45, 7) is 0. The lowest BCUT2D eigenvalue weighted by Crippen LogP contribution is -2.35. The summed E-state index contributed by atoms with van der Waals surface area (Å²) in [4.78, 5) is 12.4. The highest BCUT2D eigenvalue weighted by molar-refractivity contribution is 6.31. The molecular weight excluding hydrogens is 286 g/mol. The summed E-state index contributed by atoms with van der Waals surface area (Å²) in [5.41, 5.74) is 8.55. The van der Waals surface area contributed by atoms with Gasteiger partial charge >= 0.3 is 0 Å². The van der Waals surface area contributed by atoms with Gasteiger partial charge in [-0.15, -0.1) is 0 Å². The third-order valence-corrected chi connectivity index (χ3v) is 4.29. The molecule has 1 aliphatic heterocycles. The molecule has 0 unspecified atom stereocenters. The van der Waals surface area contributed by atoms with E-state index in [1.807, 2.05) is 18.2 Å². The topological polar surface area (TPSA) is 78.9 Å². The summed E-state index contributed by atoms with van der Waals surface area (Å²) >= 11 is 6.28. The summed E-state index contributed by atoms with van der Waals surface area (Å²) in [5, 5.41) is 13.0. The minimum atomic E-state index is -0.465. The van der Waals surface area contributed by atoms with E-state index in [9.17, 15) is 10.1 Å². The number of nitrogens with zero attached hydrogens (tertiary/aromatic N) is 1. The number of dihydropyridines is 1. The van der Waals surface area contributed by atoms with E-state index in [1.54, 1.807) is 6.07 Å². The number of allylic oxidation sites excluding steroid dienone is 3. The van der Waals surface area contributed by atoms with Crippen molar-refractivity contribution in [3.8, 4) is 6.07 Å². The quantitative estimate of drug-likeness (QED) is 0.835. The molecule has 0 saturated carbocycles. The van der Waals surface area contributed by atoms with Crippen LogP contribution in [0.3, 0.4) is 0 Å². The number of benzene rings is 1. The van der Waals surface area contributed by atoms with Gasteiger partial charge in [-0.05, 0) is 24.5 Å². The highest BCUT2D eigenvalue weighted by Gasteiger charge is 2.37. The monoisotopic (exact) mass is 299 g/mol. The highest BCUT2D eigenvalue weighted by atomic mass is 35.5. The number of nitriles is 1. The number of halogens is 1. The van der Waals surface area contributed by atoms with Gasteiger partial charge in [-0.3, -0.25) is 4.79 Å². The zero-order valence-electron chi connectivity index (χ0n) is 11.3. The van der Waals surface area contributed by atoms with Crippen LogP contribution in [-0.2, 0) is 4.79 Å². The van der Waals surface area contributed by atoms with Crippen LogP contribution in [0, 0.1) is 11.3 Å². The number of nitrogens with one attached hydrogen (secondary N) is 1. The summed E-state index contributed by atoms with van der Waals surface area (Å²) in [6.07, 6.45) is 2.07. The molecule has 1 atom stereocenters. The fourth-order valence-electron chi connectivity index (χ4n) is 3.00. The average Bonchev–Trinajstić information content (AvgIpc) is 2.47. The van der Waals surface area contributed by atoms with E-state index in [0.29, 0.717) is 28.4 Å². The maximum atomic E-state index is 12.4. The van der Waals surface area contributed by atoms with Gasteiger partial charge in [0, 0.05) is 22.7 Å². The number of hydrogen-bond acceptors (Lipinski definition) is 4. The minimum absolute atomic E-state index is 0.0638. The predicted octanol–water partition coefficient (Wildman–Crippen LogP) is 2.73. The lowest BCUT2D eigenvalue weighted by molar-refractivity contribution is -0.116. The van der Waals surface area contributed by atoms with Crippen molar-refractivity contribution < 1.29 is 4.79 Å². The van der Waals surface area contributed by atoms with E-state index in [1.165, 1.54) is 0 Å². The van der Waals surface area contributed by atoms with E-state index in [0.717, 1.165) is 24.1 Å². The molecule has 21 heavy (non-hydrogen) atoms. The molecule has 0 bridgehead atoms. The second-order valence-corrected chi connectivity index (χ2v) is 5.59. The van der Waals surface area contributed by atoms with E-state index in [4.69, 9.17) is 17.3 Å². The molecule has 5 heteroatoms. The summed E-state index contributed by atoms with van der Waals surface area (Å²) in [6, 6.07) is 9.41. The number of nitrogens with two attached hydrogens (primary N) is 1. The molecule has 0 saturated heterocycles. The number of ketones is 1. The molecule has 0 radical (unpaired) electrons. The Bertz CT molecular complexity index is 727. The van der Waals surface area contributed by atoms with Gasteiger partial charge in [-0.1, -0.05) is 29.8 Å². The SMILES string of the molecule is N#CC1=C(N)NC2=C(C(=O)CCC2)[C@H]1c1ccccc1Cl. The first-order valence-electron chi connectivity index (χ1n) is 6.81. The van der Waals surface area contributed by atoms with Crippen LogP contribution in [0.4, 0.5) is 0 Å². The second kappa shape index (κ2) is 5.27. The van der Waals surface area contributed by atoms with Crippen molar-refractivity contribution in [3.05, 3.63) is 57.5 Å². The van der Waals surface area contributed by atoms with Gasteiger partial charge < -0.3 is 11.1 Å². The van der Waals surface area contributed by atoms with Crippen molar-refractivity contribution in [1.82, 2.24) is 5.32 Å². The fraction of sp³-hybridized carbons (Fsp3) is 0.250. The fourth-order valence-corrected chi connectivity index (χ4v) is 3.25. The molecule has 1 aromatic rings. The molecule has 2 aliphatic rings. The first kappa shape index (κ1) is 13.7. The highest BCUT2D eigenvalue weighted by Crippen LogP contribution is 2.42. The van der Waals surface area contributed by atoms with Crippen molar-refractivity contribution in [2.45, 2.75) is 25.2 Å². The Morgan fingerprint density at radius 2 is 2.10 bits per heavy atom. The van der Waals surface area contributed by atoms with E-state index >= 15 is 0 Å². The smallest absolute Gasteiger partial charge is 0.161 e. The van der Waals surface area contributed by atoms with E-state index < -0.39 is 5.92 Å². The molecule has 1 aliphatic carbocycles. The Morgan fingerprint density at radius 1 is 1.33 bits per heavy atom. The van der Waals surface area contributed by atoms with Crippen LogP contribution in [0.1, 0.15) is 30.7 Å². The first-order chi connectivity index (χ1) is 10.1. The maximum Gasteiger partial charge on any atom is 0.161 e. The largest absolute Gasteiger partial charge is 0.384 e. The number of rotatable bonds is 1. The zero-order valence-corrected chi connectivity index (χ0v) is 12.1. The Kier molecular flexibility index (Phi) is 3.44. The summed E-state index contributed by atoms with van der Waals surface area (Å²) < 4.78 is 0. The van der Waals surface area contributed by atoms with Crippen LogP contribution < -0.4 is 11.1 Å². The van der Waals surface area contributed by atoms with Gasteiger partial charge in [-0.2, -0.15) is 5.26 Å². The molecular formula is C16H14ClN3O. The van der Waals surface area contributed by atoms with Crippen molar-refractivity contribution in [1.29, 1.82) is 5.26 Å². The standard InChI is InChI=1S/C16H14ClN3O/c17-11-5-2-1-4-9(11)14-10(8-18)16(19)20-12-6-3-7-13(21)15(12)14/h1-2,4-5,14,20H,3,6-7,19H2/t14-/m0/s1. The molecule has 1 aromatic carbocycles. The van der Waals surface area contributed by atoms with Gasteiger partial charge in [0.05, 0.1) is 17.6 Å². The average molecular weight is 300 g/mol. The number of carbonyl (C=O) groups excluding carboxylic acids is 1. The Hall–Kier alpha value is -2.25. The lowest BCUT2D eigenvalue weighted by atomic mass is 9.76. The van der Waals surface area contributed by atoms with Crippen LogP contribution in [0.15, 0.2) is 46.9 Å². The molecule has 0 aromatic heterocycles. The third-order valence-electron chi connectivity index (χ3n) is 3.95. The Balaban J connectivity index is 2.23. The number of Topliss-reactive ketones (excluding diaryl/α,β-unsaturated/α-hetero) is 1. The zero-order chi connectivity index (χ0) is 15.0. The van der Waals surface area contributed by atoms with Gasteiger partial charge in [0.15, 0.2) is 5.78 Å². The Morgan fingerprint density at radius 3 is 2.81 bits per heavy atom. The first-order valence-corrected chi connectivity index (χ1v) is 7.18. The number of hydrogen-bond donors (Lipinski definition) is 2. The van der Waals surface area contributed by atoms with Crippen LogP contribution in [0.25, 0.3) is 0 Å². The molecule has 0 spiro atoms. The second-order valence-electron chi connectivity index (χ2n) is 5.19. The normalized spacial score (nSPS) is 21.7. The molecule has 0 amide bonds.